The van der Waals surface area contributed by atoms with E-state index in [1.54, 1.807) is 6.08 Å². The third-order valence-electron chi connectivity index (χ3n) is 13.5. The number of nitrogens with one attached hydrogen (secondary N) is 1. The monoisotopic (exact) mass is 900 g/mol. The molecule has 0 saturated carbocycles. The van der Waals surface area contributed by atoms with Crippen molar-refractivity contribution in [2.75, 3.05) is 6.61 Å². The number of aliphatic hydroxyl groups is 3. The minimum absolute atomic E-state index is 0.362. The van der Waals surface area contributed by atoms with Crippen molar-refractivity contribution in [2.24, 2.45) is 0 Å². The summed E-state index contributed by atoms with van der Waals surface area (Å²) in [7, 11) is 0. The molecule has 64 heavy (non-hydrogen) atoms. The van der Waals surface area contributed by atoms with E-state index in [2.05, 4.69) is 43.5 Å². The fourth-order valence-corrected chi connectivity index (χ4v) is 8.98. The van der Waals surface area contributed by atoms with E-state index in [9.17, 15) is 20.1 Å². The number of amides is 1. The van der Waals surface area contributed by atoms with Gasteiger partial charge in [0, 0.05) is 0 Å². The molecule has 0 rings (SSSR count). The van der Waals surface area contributed by atoms with Gasteiger partial charge in [0.2, 0.25) is 5.91 Å². The first kappa shape index (κ1) is 62.6. The average Bonchev–Trinajstić information content (AvgIpc) is 3.30. The van der Waals surface area contributed by atoms with Gasteiger partial charge in [-0.2, -0.15) is 0 Å². The Bertz CT molecular complexity index is 993. The molecule has 0 spiro atoms. The fourth-order valence-electron chi connectivity index (χ4n) is 8.98. The third-order valence-corrected chi connectivity index (χ3v) is 13.5. The standard InChI is InChI=1S/C59H113NO4/c1-3-5-7-9-11-13-15-17-19-21-23-25-26-27-28-29-30-31-32-33-34-36-38-40-42-44-46-48-50-52-54-58(63)59(64)60-56(55-61)57(62)53-51-49-47-45-43-41-39-37-35-24-22-20-18-16-14-12-10-8-6-4-2/h23,25,27-28,51,53,56-58,61-63H,3-22,24,26,29-50,52,54-55H2,1-2H3,(H,60,64)/b25-23-,28-27-,53-51+. The Kier molecular flexibility index (Phi) is 53.0. The van der Waals surface area contributed by atoms with Crippen LogP contribution in [0.4, 0.5) is 0 Å². The highest BCUT2D eigenvalue weighted by Crippen LogP contribution is 2.17. The zero-order chi connectivity index (χ0) is 46.5. The molecule has 3 atom stereocenters. The van der Waals surface area contributed by atoms with E-state index in [4.69, 9.17) is 0 Å². The number of allylic oxidation sites excluding steroid dienone is 5. The van der Waals surface area contributed by atoms with Crippen molar-refractivity contribution in [3.8, 4) is 0 Å². The van der Waals surface area contributed by atoms with Crippen LogP contribution in [0, 0.1) is 0 Å². The summed E-state index contributed by atoms with van der Waals surface area (Å²) in [6.45, 7) is 4.21. The lowest BCUT2D eigenvalue weighted by molar-refractivity contribution is -0.131. The molecule has 5 heteroatoms. The van der Waals surface area contributed by atoms with Crippen LogP contribution in [0.15, 0.2) is 36.5 Å². The zero-order valence-electron chi connectivity index (χ0n) is 43.2. The molecule has 0 aromatic carbocycles. The molecular formula is C59H113NO4. The number of carbonyl (C=O) groups is 1. The smallest absolute Gasteiger partial charge is 0.249 e. The number of hydrogen-bond donors (Lipinski definition) is 4. The molecule has 3 unspecified atom stereocenters. The van der Waals surface area contributed by atoms with E-state index in [0.29, 0.717) is 6.42 Å². The molecule has 0 aliphatic rings. The third kappa shape index (κ3) is 48.5. The van der Waals surface area contributed by atoms with Crippen molar-refractivity contribution in [3.05, 3.63) is 36.5 Å². The highest BCUT2D eigenvalue weighted by Gasteiger charge is 2.22. The summed E-state index contributed by atoms with van der Waals surface area (Å²) in [6, 6.07) is -0.798. The Morgan fingerprint density at radius 2 is 0.672 bits per heavy atom. The van der Waals surface area contributed by atoms with Crippen molar-refractivity contribution in [1.82, 2.24) is 5.32 Å². The second-order valence-electron chi connectivity index (χ2n) is 19.9. The summed E-state index contributed by atoms with van der Waals surface area (Å²) in [5.41, 5.74) is 0. The van der Waals surface area contributed by atoms with Gasteiger partial charge in [-0.15, -0.1) is 0 Å². The first-order valence-electron chi connectivity index (χ1n) is 28.8. The summed E-state index contributed by atoms with van der Waals surface area (Å²) in [4.78, 5) is 12.6. The number of rotatable bonds is 53. The Hall–Kier alpha value is -1.43. The first-order valence-corrected chi connectivity index (χ1v) is 28.8. The van der Waals surface area contributed by atoms with Gasteiger partial charge >= 0.3 is 0 Å². The van der Waals surface area contributed by atoms with Crippen molar-refractivity contribution in [2.45, 2.75) is 327 Å². The predicted molar refractivity (Wildman–Crippen MR) is 282 cm³/mol. The van der Waals surface area contributed by atoms with Crippen LogP contribution in [0.25, 0.3) is 0 Å². The predicted octanol–water partition coefficient (Wildman–Crippen LogP) is 17.8. The van der Waals surface area contributed by atoms with Gasteiger partial charge in [-0.3, -0.25) is 4.79 Å². The highest BCUT2D eigenvalue weighted by atomic mass is 16.3. The van der Waals surface area contributed by atoms with Gasteiger partial charge in [0.25, 0.3) is 0 Å². The summed E-state index contributed by atoms with van der Waals surface area (Å²) >= 11 is 0. The number of carbonyl (C=O) groups excluding carboxylic acids is 1. The molecule has 378 valence electrons. The van der Waals surface area contributed by atoms with E-state index in [0.717, 1.165) is 38.5 Å². The van der Waals surface area contributed by atoms with Gasteiger partial charge in [0.1, 0.15) is 6.10 Å². The molecule has 0 bridgehead atoms. The average molecular weight is 901 g/mol. The van der Waals surface area contributed by atoms with E-state index in [1.807, 2.05) is 6.08 Å². The SMILES string of the molecule is CCCCCCCCCCC/C=C\C/C=C\CCCCCCCCCCCCCCCCC(O)C(=O)NC(CO)C(O)/C=C/CCCCCCCCCCCCCCCCCCCC. The number of aliphatic hydroxyl groups excluding tert-OH is 3. The molecule has 0 aliphatic heterocycles. The molecule has 4 N–H and O–H groups in total. The Balaban J connectivity index is 3.56. The molecule has 1 amide bonds. The highest BCUT2D eigenvalue weighted by molar-refractivity contribution is 5.80. The van der Waals surface area contributed by atoms with Crippen molar-refractivity contribution in [3.63, 3.8) is 0 Å². The Labute approximate surface area is 400 Å². The maximum absolute atomic E-state index is 12.6. The molecular weight excluding hydrogens is 787 g/mol. The topological polar surface area (TPSA) is 89.8 Å². The molecule has 0 fully saturated rings. The van der Waals surface area contributed by atoms with Crippen LogP contribution >= 0.6 is 0 Å². The summed E-state index contributed by atoms with van der Waals surface area (Å²) in [5, 5.41) is 33.4. The number of hydrogen-bond acceptors (Lipinski definition) is 4. The zero-order valence-corrected chi connectivity index (χ0v) is 43.2. The van der Waals surface area contributed by atoms with Gasteiger partial charge < -0.3 is 20.6 Å². The van der Waals surface area contributed by atoms with Crippen LogP contribution in [0.5, 0.6) is 0 Å². The second-order valence-corrected chi connectivity index (χ2v) is 19.9. The van der Waals surface area contributed by atoms with Gasteiger partial charge in [-0.25, -0.2) is 0 Å². The van der Waals surface area contributed by atoms with Crippen LogP contribution in [0.1, 0.15) is 309 Å². The van der Waals surface area contributed by atoms with Crippen molar-refractivity contribution < 1.29 is 20.1 Å². The molecule has 0 radical (unpaired) electrons. The van der Waals surface area contributed by atoms with E-state index in [1.165, 1.54) is 250 Å². The molecule has 0 aromatic heterocycles. The van der Waals surface area contributed by atoms with E-state index in [-0.39, 0.29) is 6.61 Å². The Morgan fingerprint density at radius 3 is 0.984 bits per heavy atom. The van der Waals surface area contributed by atoms with Crippen LogP contribution < -0.4 is 5.32 Å². The molecule has 0 heterocycles. The summed E-state index contributed by atoms with van der Waals surface area (Å²) < 4.78 is 0. The van der Waals surface area contributed by atoms with Crippen LogP contribution in [-0.4, -0.2) is 46.1 Å². The molecule has 0 saturated heterocycles. The minimum Gasteiger partial charge on any atom is -0.394 e. The van der Waals surface area contributed by atoms with Gasteiger partial charge in [-0.1, -0.05) is 294 Å². The lowest BCUT2D eigenvalue weighted by atomic mass is 10.0. The van der Waals surface area contributed by atoms with Crippen LogP contribution in [-0.2, 0) is 4.79 Å². The van der Waals surface area contributed by atoms with Gasteiger partial charge in [-0.05, 0) is 51.4 Å². The van der Waals surface area contributed by atoms with Crippen molar-refractivity contribution >= 4 is 5.91 Å². The second kappa shape index (κ2) is 54.2. The Morgan fingerprint density at radius 1 is 0.391 bits per heavy atom. The maximum atomic E-state index is 12.6. The van der Waals surface area contributed by atoms with Gasteiger partial charge in [0.05, 0.1) is 18.8 Å². The number of unbranched alkanes of at least 4 members (excludes halogenated alkanes) is 41. The minimum atomic E-state index is -1.10. The first-order chi connectivity index (χ1) is 31.6. The van der Waals surface area contributed by atoms with Crippen molar-refractivity contribution in [1.29, 1.82) is 0 Å². The fraction of sp³-hybridized carbons (Fsp3) is 0.881. The molecule has 0 aromatic rings. The van der Waals surface area contributed by atoms with Gasteiger partial charge in [0.15, 0.2) is 0 Å². The van der Waals surface area contributed by atoms with E-state index < -0.39 is 24.2 Å². The van der Waals surface area contributed by atoms with E-state index >= 15 is 0 Å². The van der Waals surface area contributed by atoms with Crippen LogP contribution in [0.3, 0.4) is 0 Å². The molecule has 5 nitrogen and oxygen atoms in total. The molecule has 0 aliphatic carbocycles. The quantitative estimate of drug-likeness (QED) is 0.0362. The normalized spacial score (nSPS) is 13.5. The lowest BCUT2D eigenvalue weighted by Gasteiger charge is -2.21. The largest absolute Gasteiger partial charge is 0.394 e. The summed E-state index contributed by atoms with van der Waals surface area (Å²) in [5.74, 6) is -0.500. The summed E-state index contributed by atoms with van der Waals surface area (Å²) in [6.07, 6.45) is 70.8. The van der Waals surface area contributed by atoms with Crippen LogP contribution in [0.2, 0.25) is 0 Å². The maximum Gasteiger partial charge on any atom is 0.249 e. The lowest BCUT2D eigenvalue weighted by Crippen LogP contribution is -2.48.